The van der Waals surface area contributed by atoms with Crippen LogP contribution in [-0.4, -0.2) is 80.2 Å². The highest BCUT2D eigenvalue weighted by molar-refractivity contribution is 8.00. The molecule has 0 radical (unpaired) electrons. The Labute approximate surface area is 247 Å². The van der Waals surface area contributed by atoms with Gasteiger partial charge in [0.2, 0.25) is 11.8 Å². The van der Waals surface area contributed by atoms with Crippen molar-refractivity contribution in [1.29, 1.82) is 0 Å². The van der Waals surface area contributed by atoms with Crippen LogP contribution in [0.3, 0.4) is 0 Å². The van der Waals surface area contributed by atoms with E-state index in [1.165, 1.54) is 11.8 Å². The number of benzene rings is 2. The third-order valence-electron chi connectivity index (χ3n) is 7.05. The summed E-state index contributed by atoms with van der Waals surface area (Å²) in [6, 6.07) is 13.7. The van der Waals surface area contributed by atoms with Gasteiger partial charge in [-0.3, -0.25) is 14.5 Å². The number of rotatable bonds is 9. The van der Waals surface area contributed by atoms with E-state index < -0.39 is 0 Å². The summed E-state index contributed by atoms with van der Waals surface area (Å²) in [5.41, 5.74) is 4.13. The number of nitrogens with zero attached hydrogens (tertiary/aromatic N) is 4. The molecule has 1 N–H and O–H groups in total. The van der Waals surface area contributed by atoms with Crippen LogP contribution in [0.25, 0.3) is 5.69 Å². The van der Waals surface area contributed by atoms with Gasteiger partial charge in [-0.25, -0.2) is 4.68 Å². The van der Waals surface area contributed by atoms with E-state index in [-0.39, 0.29) is 34.8 Å². The van der Waals surface area contributed by atoms with Gasteiger partial charge in [0, 0.05) is 29.6 Å². The van der Waals surface area contributed by atoms with Gasteiger partial charge in [0.25, 0.3) is 0 Å². The summed E-state index contributed by atoms with van der Waals surface area (Å²) in [4.78, 5) is 30.7. The molecule has 41 heavy (non-hydrogen) atoms. The van der Waals surface area contributed by atoms with Crippen LogP contribution < -0.4 is 19.7 Å². The molecule has 220 valence electrons. The van der Waals surface area contributed by atoms with E-state index >= 15 is 0 Å². The number of thioether (sulfide) groups is 1. The van der Waals surface area contributed by atoms with Crippen LogP contribution >= 0.6 is 11.8 Å². The van der Waals surface area contributed by atoms with Crippen molar-refractivity contribution in [2.24, 2.45) is 0 Å². The zero-order chi connectivity index (χ0) is 29.9. The van der Waals surface area contributed by atoms with E-state index in [0.29, 0.717) is 30.4 Å². The number of fused-ring (bicyclic) bond motifs is 1. The third kappa shape index (κ3) is 6.54. The maximum absolute atomic E-state index is 13.9. The minimum atomic E-state index is -0.365. The molecule has 0 fully saturated rings. The van der Waals surface area contributed by atoms with Gasteiger partial charge in [0.1, 0.15) is 23.9 Å². The highest BCUT2D eigenvalue weighted by atomic mass is 32.2. The number of amides is 2. The topological polar surface area (TPSA) is 88.9 Å². The largest absolute Gasteiger partial charge is 0.497 e. The maximum Gasteiger partial charge on any atom is 0.240 e. The number of ether oxygens (including phenoxy) is 2. The first-order valence-corrected chi connectivity index (χ1v) is 14.8. The summed E-state index contributed by atoms with van der Waals surface area (Å²) in [5, 5.41) is 7.86. The van der Waals surface area contributed by atoms with E-state index in [9.17, 15) is 9.59 Å². The zero-order valence-corrected chi connectivity index (χ0v) is 26.1. The molecule has 4 rings (SSSR count). The van der Waals surface area contributed by atoms with E-state index in [2.05, 4.69) is 26.1 Å². The molecule has 10 heteroatoms. The molecule has 0 bridgehead atoms. The van der Waals surface area contributed by atoms with Gasteiger partial charge in [-0.05, 0) is 50.8 Å². The van der Waals surface area contributed by atoms with Crippen LogP contribution in [0, 0.1) is 6.92 Å². The number of para-hydroxylation sites is 1. The Morgan fingerprint density at radius 1 is 1.15 bits per heavy atom. The summed E-state index contributed by atoms with van der Waals surface area (Å²) < 4.78 is 13.2. The SMILES string of the molecule is COc1ccc(OC)c(C2SCC(=O)N(CC(=O)NCCN(C)C)c3c2c(C(C)(C)C)nn3-c2ccccc2C)c1. The average Bonchev–Trinajstić information content (AvgIpc) is 3.26. The van der Waals surface area contributed by atoms with Crippen molar-refractivity contribution in [1.82, 2.24) is 20.0 Å². The van der Waals surface area contributed by atoms with E-state index in [0.717, 1.165) is 28.1 Å². The van der Waals surface area contributed by atoms with Crippen molar-refractivity contribution < 1.29 is 19.1 Å². The Kier molecular flexibility index (Phi) is 9.34. The van der Waals surface area contributed by atoms with Gasteiger partial charge in [-0.15, -0.1) is 11.8 Å². The molecule has 1 aromatic heterocycles. The summed E-state index contributed by atoms with van der Waals surface area (Å²) in [7, 11) is 7.18. The zero-order valence-electron chi connectivity index (χ0n) is 25.3. The molecule has 1 aliphatic rings. The molecule has 2 aromatic carbocycles. The van der Waals surface area contributed by atoms with E-state index in [1.54, 1.807) is 19.1 Å². The summed E-state index contributed by atoms with van der Waals surface area (Å²) in [5.74, 6) is 1.81. The Balaban J connectivity index is 1.99. The van der Waals surface area contributed by atoms with Crippen molar-refractivity contribution >= 4 is 29.4 Å². The number of hydrogen-bond donors (Lipinski definition) is 1. The number of nitrogens with one attached hydrogen (secondary N) is 1. The number of anilines is 1. The van der Waals surface area contributed by atoms with Crippen molar-refractivity contribution in [3.63, 3.8) is 0 Å². The second-order valence-corrected chi connectivity index (χ2v) is 12.6. The Morgan fingerprint density at radius 3 is 2.51 bits per heavy atom. The lowest BCUT2D eigenvalue weighted by molar-refractivity contribution is -0.122. The minimum Gasteiger partial charge on any atom is -0.497 e. The maximum atomic E-state index is 13.9. The Morgan fingerprint density at radius 2 is 1.88 bits per heavy atom. The van der Waals surface area contributed by atoms with Crippen molar-refractivity contribution in [3.8, 4) is 17.2 Å². The second-order valence-electron chi connectivity index (χ2n) is 11.5. The number of aryl methyl sites for hydroxylation is 1. The van der Waals surface area contributed by atoms with Gasteiger partial charge < -0.3 is 19.7 Å². The summed E-state index contributed by atoms with van der Waals surface area (Å²) >= 11 is 1.51. The lowest BCUT2D eigenvalue weighted by Crippen LogP contribution is -2.43. The molecular formula is C31H41N5O4S. The van der Waals surface area contributed by atoms with Gasteiger partial charge in [0.05, 0.1) is 36.6 Å². The number of carbonyl (C=O) groups excluding carboxylic acids is 2. The molecule has 0 spiro atoms. The predicted molar refractivity (Wildman–Crippen MR) is 165 cm³/mol. The van der Waals surface area contributed by atoms with Gasteiger partial charge >= 0.3 is 0 Å². The smallest absolute Gasteiger partial charge is 0.240 e. The molecular weight excluding hydrogens is 538 g/mol. The molecule has 9 nitrogen and oxygen atoms in total. The van der Waals surface area contributed by atoms with Crippen LogP contribution in [-0.2, 0) is 15.0 Å². The highest BCUT2D eigenvalue weighted by Gasteiger charge is 2.41. The normalized spacial score (nSPS) is 15.5. The minimum absolute atomic E-state index is 0.108. The fourth-order valence-electron chi connectivity index (χ4n) is 4.95. The van der Waals surface area contributed by atoms with Crippen LogP contribution in [0.5, 0.6) is 11.5 Å². The standard InChI is InChI=1S/C31H41N5O4S/c1-20-11-9-10-12-23(20)36-30-27(29(33-36)31(2,3)4)28(22-17-21(39-7)13-14-24(22)40-8)41-19-26(38)35(30)18-25(37)32-15-16-34(5)6/h9-14,17,28H,15-16,18-19H2,1-8H3,(H,32,37). The lowest BCUT2D eigenvalue weighted by atomic mass is 9.87. The molecule has 1 aliphatic heterocycles. The third-order valence-corrected chi connectivity index (χ3v) is 8.28. The Bertz CT molecular complexity index is 1410. The molecule has 1 atom stereocenters. The fourth-order valence-corrected chi connectivity index (χ4v) is 6.16. The number of methoxy groups -OCH3 is 2. The molecule has 0 saturated heterocycles. The number of hydrogen-bond acceptors (Lipinski definition) is 7. The van der Waals surface area contributed by atoms with Gasteiger partial charge in [0.15, 0.2) is 0 Å². The molecule has 2 amide bonds. The van der Waals surface area contributed by atoms with E-state index in [4.69, 9.17) is 14.6 Å². The van der Waals surface area contributed by atoms with Gasteiger partial charge in [-0.2, -0.15) is 5.10 Å². The monoisotopic (exact) mass is 579 g/mol. The van der Waals surface area contributed by atoms with Crippen LogP contribution in [0.15, 0.2) is 42.5 Å². The van der Waals surface area contributed by atoms with Crippen molar-refractivity contribution in [3.05, 3.63) is 64.8 Å². The highest BCUT2D eigenvalue weighted by Crippen LogP contribution is 2.51. The number of aromatic nitrogens is 2. The van der Waals surface area contributed by atoms with Crippen LogP contribution in [0.4, 0.5) is 5.82 Å². The first-order chi connectivity index (χ1) is 19.5. The predicted octanol–water partition coefficient (Wildman–Crippen LogP) is 4.34. The lowest BCUT2D eigenvalue weighted by Gasteiger charge is -2.25. The van der Waals surface area contributed by atoms with Crippen molar-refractivity contribution in [2.75, 3.05) is 58.6 Å². The fraction of sp³-hybridized carbons (Fsp3) is 0.452. The van der Waals surface area contributed by atoms with Gasteiger partial charge in [-0.1, -0.05) is 39.0 Å². The molecule has 0 aliphatic carbocycles. The average molecular weight is 580 g/mol. The summed E-state index contributed by atoms with van der Waals surface area (Å²) in [6.45, 7) is 9.46. The number of likely N-dealkylation sites (N-methyl/N-ethyl adjacent to an activating group) is 1. The van der Waals surface area contributed by atoms with Crippen LogP contribution in [0.1, 0.15) is 48.4 Å². The molecule has 1 unspecified atom stereocenters. The van der Waals surface area contributed by atoms with Crippen LogP contribution in [0.2, 0.25) is 0 Å². The quantitative estimate of drug-likeness (QED) is 0.403. The van der Waals surface area contributed by atoms with E-state index in [1.807, 2.05) is 73.1 Å². The molecule has 2 heterocycles. The molecule has 0 saturated carbocycles. The Hall–Kier alpha value is -3.50. The first-order valence-electron chi connectivity index (χ1n) is 13.7. The summed E-state index contributed by atoms with van der Waals surface area (Å²) in [6.07, 6.45) is 0. The second kappa shape index (κ2) is 12.6. The van der Waals surface area contributed by atoms with Crippen molar-refractivity contribution in [2.45, 2.75) is 38.4 Å². The number of carbonyl (C=O) groups is 2. The first kappa shape index (κ1) is 30.5. The molecule has 3 aromatic rings.